The van der Waals surface area contributed by atoms with E-state index in [4.69, 9.17) is 0 Å². The molecule has 44 heavy (non-hydrogen) atoms. The van der Waals surface area contributed by atoms with Gasteiger partial charge < -0.3 is 4.57 Å². The van der Waals surface area contributed by atoms with Crippen LogP contribution in [-0.4, -0.2) is 0 Å². The molecule has 9 aromatic carbocycles. The summed E-state index contributed by atoms with van der Waals surface area (Å²) in [7, 11) is -3.89. The van der Waals surface area contributed by atoms with Crippen molar-refractivity contribution in [2.75, 3.05) is 0 Å². The van der Waals surface area contributed by atoms with Crippen LogP contribution in [0.3, 0.4) is 0 Å². The Balaban J connectivity index is 1.46. The first-order valence-corrected chi connectivity index (χ1v) is 16.2. The van der Waals surface area contributed by atoms with Crippen LogP contribution in [0, 0.1) is 0 Å². The molecule has 1 nitrogen and oxygen atoms in total. The zero-order valence-electron chi connectivity index (χ0n) is 23.2. The van der Waals surface area contributed by atoms with E-state index in [0.717, 1.165) is 76.8 Å². The number of alkyl halides is 3. The van der Waals surface area contributed by atoms with Gasteiger partial charge in [-0.2, -0.15) is 13.2 Å². The number of rotatable bonds is 3. The Morgan fingerprint density at radius 1 is 0.432 bits per heavy atom. The zero-order valence-corrected chi connectivity index (χ0v) is 24.1. The Morgan fingerprint density at radius 3 is 1.27 bits per heavy atom. The monoisotopic (exact) mass is 594 g/mol. The predicted octanol–water partition coefficient (Wildman–Crippen LogP) is 10.1. The van der Waals surface area contributed by atoms with Crippen molar-refractivity contribution < 1.29 is 17.7 Å². The molecule has 0 aromatic heterocycles. The molecule has 0 aliphatic carbocycles. The minimum atomic E-state index is -4.58. The first-order chi connectivity index (χ1) is 21.3. The zero-order chi connectivity index (χ0) is 29.8. The van der Waals surface area contributed by atoms with E-state index in [2.05, 4.69) is 48.5 Å². The lowest BCUT2D eigenvalue weighted by atomic mass is 9.94. The highest BCUT2D eigenvalue weighted by Gasteiger charge is 2.37. The third-order valence-electron chi connectivity index (χ3n) is 9.23. The first-order valence-electron chi connectivity index (χ1n) is 14.4. The molecular formula is C39H22F3OP. The van der Waals surface area contributed by atoms with E-state index in [0.29, 0.717) is 10.6 Å². The predicted molar refractivity (Wildman–Crippen MR) is 178 cm³/mol. The van der Waals surface area contributed by atoms with E-state index in [1.54, 1.807) is 6.07 Å². The molecule has 0 aliphatic heterocycles. The lowest BCUT2D eigenvalue weighted by Gasteiger charge is -2.26. The van der Waals surface area contributed by atoms with Gasteiger partial charge in [-0.3, -0.25) is 0 Å². The van der Waals surface area contributed by atoms with Gasteiger partial charge >= 0.3 is 6.18 Å². The Labute approximate surface area is 250 Å². The van der Waals surface area contributed by atoms with Crippen LogP contribution in [0.15, 0.2) is 133 Å². The summed E-state index contributed by atoms with van der Waals surface area (Å²) in [6, 6.07) is 41.3. The molecule has 210 valence electrons. The number of halogens is 3. The summed E-state index contributed by atoms with van der Waals surface area (Å²) in [6.07, 6.45) is -4.58. The van der Waals surface area contributed by atoms with Crippen LogP contribution in [0.2, 0.25) is 0 Å². The van der Waals surface area contributed by atoms with Gasteiger partial charge in [0, 0.05) is 15.9 Å². The molecule has 0 spiro atoms. The quantitative estimate of drug-likeness (QED) is 0.147. The maximum absolute atomic E-state index is 16.2. The fourth-order valence-corrected chi connectivity index (χ4v) is 10.3. The molecule has 9 rings (SSSR count). The highest BCUT2D eigenvalue weighted by atomic mass is 31.2. The van der Waals surface area contributed by atoms with E-state index in [9.17, 15) is 13.2 Å². The standard InChI is InChI=1S/C39H22F3OP/c40-39(41,42)29-8-3-9-30(22-29)44(43,33-20-16-27-12-10-23-4-1-6-25-14-18-31(33)37(27)35(23)25)34-21-17-28-13-11-24-5-2-7-26-15-19-32(34)38(28)36(24)26/h1-22H. The van der Waals surface area contributed by atoms with E-state index < -0.39 is 18.9 Å². The van der Waals surface area contributed by atoms with Crippen LogP contribution in [0.1, 0.15) is 5.56 Å². The molecular weight excluding hydrogens is 572 g/mol. The molecule has 0 heterocycles. The largest absolute Gasteiger partial charge is 0.416 e. The molecule has 0 saturated heterocycles. The average Bonchev–Trinajstić information content (AvgIpc) is 3.05. The maximum atomic E-state index is 16.2. The van der Waals surface area contributed by atoms with Crippen LogP contribution in [0.4, 0.5) is 13.2 Å². The van der Waals surface area contributed by atoms with Gasteiger partial charge in [0.2, 0.25) is 0 Å². The smallest absolute Gasteiger partial charge is 0.309 e. The van der Waals surface area contributed by atoms with Crippen molar-refractivity contribution in [2.24, 2.45) is 0 Å². The second-order valence-electron chi connectivity index (χ2n) is 11.5. The second kappa shape index (κ2) is 8.81. The SMILES string of the molecule is O=P(c1cccc(C(F)(F)F)c1)(c1ccc2ccc3cccc4ccc1c2c34)c1ccc2ccc3cccc4ccc1c2c34. The minimum absolute atomic E-state index is 0.164. The summed E-state index contributed by atoms with van der Waals surface area (Å²) >= 11 is 0. The molecule has 0 aliphatic rings. The molecule has 9 aromatic rings. The van der Waals surface area contributed by atoms with E-state index >= 15 is 4.57 Å². The molecule has 0 radical (unpaired) electrons. The number of benzene rings is 9. The fourth-order valence-electron chi connectivity index (χ4n) is 7.28. The highest BCUT2D eigenvalue weighted by molar-refractivity contribution is 7.86. The maximum Gasteiger partial charge on any atom is 0.416 e. The van der Waals surface area contributed by atoms with E-state index in [1.165, 1.54) is 6.07 Å². The summed E-state index contributed by atoms with van der Waals surface area (Å²) in [5.74, 6) is 0. The molecule has 0 saturated carbocycles. The van der Waals surface area contributed by atoms with Crippen LogP contribution in [0.25, 0.3) is 64.6 Å². The Bertz CT molecular complexity index is 2450. The minimum Gasteiger partial charge on any atom is -0.309 e. The van der Waals surface area contributed by atoms with Crippen molar-refractivity contribution in [3.8, 4) is 0 Å². The normalized spacial score (nSPS) is 13.0. The van der Waals surface area contributed by atoms with Crippen molar-refractivity contribution in [1.29, 1.82) is 0 Å². The summed E-state index contributed by atoms with van der Waals surface area (Å²) < 4.78 is 58.6. The highest BCUT2D eigenvalue weighted by Crippen LogP contribution is 2.50. The van der Waals surface area contributed by atoms with Crippen LogP contribution in [0.5, 0.6) is 0 Å². The van der Waals surface area contributed by atoms with Crippen molar-refractivity contribution in [2.45, 2.75) is 6.18 Å². The second-order valence-corrected chi connectivity index (χ2v) is 14.2. The summed E-state index contributed by atoms with van der Waals surface area (Å²) in [5, 5.41) is 13.2. The third-order valence-corrected chi connectivity index (χ3v) is 12.4. The Hall–Kier alpha value is -4.92. The molecule has 0 N–H and O–H groups in total. The summed E-state index contributed by atoms with van der Waals surface area (Å²) in [4.78, 5) is 0. The number of hydrogen-bond donors (Lipinski definition) is 0. The topological polar surface area (TPSA) is 17.1 Å². The van der Waals surface area contributed by atoms with Gasteiger partial charge in [0.15, 0.2) is 7.14 Å². The lowest BCUT2D eigenvalue weighted by molar-refractivity contribution is -0.137. The fraction of sp³-hybridized carbons (Fsp3) is 0.0256. The van der Waals surface area contributed by atoms with Crippen molar-refractivity contribution >= 4 is 87.7 Å². The molecule has 0 fully saturated rings. The Morgan fingerprint density at radius 2 is 0.818 bits per heavy atom. The van der Waals surface area contributed by atoms with E-state index in [-0.39, 0.29) is 5.30 Å². The van der Waals surface area contributed by atoms with Crippen molar-refractivity contribution in [3.05, 3.63) is 139 Å². The Kier molecular flexibility index (Phi) is 5.12. The number of hydrogen-bond acceptors (Lipinski definition) is 1. The summed E-state index contributed by atoms with van der Waals surface area (Å²) in [6.45, 7) is 0. The van der Waals surface area contributed by atoms with Gasteiger partial charge in [0.1, 0.15) is 0 Å². The molecule has 5 heteroatoms. The first kappa shape index (κ1) is 25.6. The molecule has 0 atom stereocenters. The van der Waals surface area contributed by atoms with Gasteiger partial charge in [0.05, 0.1) is 5.56 Å². The van der Waals surface area contributed by atoms with Crippen LogP contribution in [-0.2, 0) is 10.7 Å². The molecule has 0 unspecified atom stereocenters. The van der Waals surface area contributed by atoms with Gasteiger partial charge in [-0.25, -0.2) is 0 Å². The van der Waals surface area contributed by atoms with Crippen molar-refractivity contribution in [1.82, 2.24) is 0 Å². The van der Waals surface area contributed by atoms with Gasteiger partial charge in [-0.05, 0) is 88.9 Å². The van der Waals surface area contributed by atoms with Gasteiger partial charge in [-0.1, -0.05) is 109 Å². The molecule has 0 bridgehead atoms. The lowest BCUT2D eigenvalue weighted by Crippen LogP contribution is -2.27. The van der Waals surface area contributed by atoms with Crippen LogP contribution < -0.4 is 15.9 Å². The van der Waals surface area contributed by atoms with Crippen LogP contribution >= 0.6 is 7.14 Å². The third kappa shape index (κ3) is 3.40. The van der Waals surface area contributed by atoms with Crippen molar-refractivity contribution in [3.63, 3.8) is 0 Å². The molecule has 0 amide bonds. The average molecular weight is 595 g/mol. The van der Waals surface area contributed by atoms with E-state index in [1.807, 2.05) is 60.7 Å². The van der Waals surface area contributed by atoms with Gasteiger partial charge in [-0.15, -0.1) is 0 Å². The summed E-state index contributed by atoms with van der Waals surface area (Å²) in [5.41, 5.74) is -0.814. The van der Waals surface area contributed by atoms with Gasteiger partial charge in [0.25, 0.3) is 0 Å².